The van der Waals surface area contributed by atoms with Crippen LogP contribution < -0.4 is 15.4 Å². The number of aromatic nitrogens is 3. The Balaban J connectivity index is 1.72. The minimum Gasteiger partial charge on any atom is -0.497 e. The molecule has 3 rings (SSSR count). The minimum absolute atomic E-state index is 0.264. The molecular formula is C18H19N5O2S. The zero-order valence-electron chi connectivity index (χ0n) is 15.0. The number of rotatable bonds is 5. The lowest BCUT2D eigenvalue weighted by molar-refractivity contribution is 0.102. The molecule has 0 bridgehead atoms. The van der Waals surface area contributed by atoms with Gasteiger partial charge in [0, 0.05) is 16.8 Å². The van der Waals surface area contributed by atoms with Crippen molar-refractivity contribution >= 4 is 34.0 Å². The summed E-state index contributed by atoms with van der Waals surface area (Å²) in [6.07, 6.45) is 1.51. The maximum Gasteiger partial charge on any atom is 0.259 e. The number of hydrogen-bond acceptors (Lipinski definition) is 7. The highest BCUT2D eigenvalue weighted by molar-refractivity contribution is 7.15. The van der Waals surface area contributed by atoms with Crippen LogP contribution in [0.2, 0.25) is 0 Å². The predicted octanol–water partition coefficient (Wildman–Crippen LogP) is 3.86. The summed E-state index contributed by atoms with van der Waals surface area (Å²) in [6.45, 7) is 5.74. The molecule has 8 heteroatoms. The quantitative estimate of drug-likeness (QED) is 0.710. The average molecular weight is 369 g/mol. The number of methoxy groups -OCH3 is 1. The van der Waals surface area contributed by atoms with Crippen LogP contribution in [-0.4, -0.2) is 28.0 Å². The van der Waals surface area contributed by atoms with Gasteiger partial charge in [0.05, 0.1) is 24.1 Å². The van der Waals surface area contributed by atoms with Crippen LogP contribution in [0.15, 0.2) is 30.5 Å². The van der Waals surface area contributed by atoms with Gasteiger partial charge in [0.15, 0.2) is 5.13 Å². The maximum atomic E-state index is 12.5. The molecule has 0 atom stereocenters. The lowest BCUT2D eigenvalue weighted by atomic mass is 10.2. The molecule has 1 amide bonds. The van der Waals surface area contributed by atoms with E-state index in [1.54, 1.807) is 38.3 Å². The zero-order valence-corrected chi connectivity index (χ0v) is 15.8. The number of nitrogens with one attached hydrogen (secondary N) is 2. The number of ether oxygens (including phenoxy) is 1. The highest BCUT2D eigenvalue weighted by Crippen LogP contribution is 2.24. The molecule has 2 aromatic heterocycles. The molecule has 0 saturated heterocycles. The maximum absolute atomic E-state index is 12.5. The molecule has 0 aliphatic carbocycles. The minimum atomic E-state index is -0.264. The van der Waals surface area contributed by atoms with Crippen molar-refractivity contribution in [1.82, 2.24) is 15.0 Å². The number of carbonyl (C=O) groups excluding carboxylic acids is 1. The Labute approximate surface area is 155 Å². The summed E-state index contributed by atoms with van der Waals surface area (Å²) in [5.41, 5.74) is 2.65. The molecular weight excluding hydrogens is 350 g/mol. The molecule has 134 valence electrons. The first-order valence-corrected chi connectivity index (χ1v) is 8.78. The number of amides is 1. The summed E-state index contributed by atoms with van der Waals surface area (Å²) in [5.74, 6) is 0.878. The molecule has 2 N–H and O–H groups in total. The van der Waals surface area contributed by atoms with E-state index in [1.165, 1.54) is 17.5 Å². The molecule has 0 aliphatic rings. The van der Waals surface area contributed by atoms with Crippen LogP contribution >= 0.6 is 11.3 Å². The highest BCUT2D eigenvalue weighted by Gasteiger charge is 2.13. The molecule has 1 aromatic carbocycles. The normalized spacial score (nSPS) is 10.5. The van der Waals surface area contributed by atoms with Gasteiger partial charge >= 0.3 is 0 Å². The van der Waals surface area contributed by atoms with Crippen LogP contribution in [0.25, 0.3) is 0 Å². The van der Waals surface area contributed by atoms with Gasteiger partial charge < -0.3 is 15.4 Å². The Bertz CT molecular complexity index is 918. The molecule has 26 heavy (non-hydrogen) atoms. The van der Waals surface area contributed by atoms with Crippen molar-refractivity contribution < 1.29 is 9.53 Å². The Hall–Kier alpha value is -3.00. The van der Waals surface area contributed by atoms with Crippen LogP contribution in [0.5, 0.6) is 5.75 Å². The Morgan fingerprint density at radius 1 is 1.08 bits per heavy atom. The third-order valence-corrected chi connectivity index (χ3v) is 4.81. The first kappa shape index (κ1) is 17.8. The van der Waals surface area contributed by atoms with E-state index >= 15 is 0 Å². The summed E-state index contributed by atoms with van der Waals surface area (Å²) >= 11 is 1.54. The van der Waals surface area contributed by atoms with Gasteiger partial charge in [-0.3, -0.25) is 4.79 Å². The van der Waals surface area contributed by atoms with Crippen molar-refractivity contribution in [2.75, 3.05) is 17.7 Å². The van der Waals surface area contributed by atoms with Crippen molar-refractivity contribution in [1.29, 1.82) is 0 Å². The summed E-state index contributed by atoms with van der Waals surface area (Å²) in [5, 5.41) is 6.63. The van der Waals surface area contributed by atoms with Crippen molar-refractivity contribution in [2.24, 2.45) is 0 Å². The second-order valence-electron chi connectivity index (χ2n) is 5.66. The smallest absolute Gasteiger partial charge is 0.259 e. The van der Waals surface area contributed by atoms with Crippen molar-refractivity contribution in [3.05, 3.63) is 52.3 Å². The van der Waals surface area contributed by atoms with Crippen molar-refractivity contribution in [2.45, 2.75) is 20.8 Å². The predicted molar refractivity (Wildman–Crippen MR) is 103 cm³/mol. The summed E-state index contributed by atoms with van der Waals surface area (Å²) in [7, 11) is 1.60. The van der Waals surface area contributed by atoms with Crippen LogP contribution in [0.4, 0.5) is 16.8 Å². The largest absolute Gasteiger partial charge is 0.497 e. The van der Waals surface area contributed by atoms with Crippen LogP contribution in [-0.2, 0) is 0 Å². The molecule has 7 nitrogen and oxygen atoms in total. The standard InChI is InChI=1S/C18H19N5O2S/c1-10-12(3)26-18(21-10)23-17-19-9-15(11(2)20-17)16(24)22-13-5-7-14(25-4)8-6-13/h5-9H,1-4H3,(H,22,24)(H,19,20,21,23). The van der Waals surface area contributed by atoms with Gasteiger partial charge in [0.2, 0.25) is 5.95 Å². The van der Waals surface area contributed by atoms with Crippen LogP contribution in [0, 0.1) is 20.8 Å². The second kappa shape index (κ2) is 7.49. The number of aryl methyl sites for hydroxylation is 3. The van der Waals surface area contributed by atoms with E-state index in [0.29, 0.717) is 22.9 Å². The summed E-state index contributed by atoms with van der Waals surface area (Å²) in [6, 6.07) is 7.11. The zero-order chi connectivity index (χ0) is 18.7. The van der Waals surface area contributed by atoms with Crippen LogP contribution in [0.3, 0.4) is 0 Å². The number of thiazole rings is 1. The fourth-order valence-corrected chi connectivity index (χ4v) is 3.05. The van der Waals surface area contributed by atoms with Gasteiger partial charge in [-0.1, -0.05) is 0 Å². The SMILES string of the molecule is COc1ccc(NC(=O)c2cnc(Nc3nc(C)c(C)s3)nc2C)cc1. The van der Waals surface area contributed by atoms with E-state index in [1.807, 2.05) is 13.8 Å². The monoisotopic (exact) mass is 369 g/mol. The highest BCUT2D eigenvalue weighted by atomic mass is 32.1. The third kappa shape index (κ3) is 3.97. The molecule has 3 aromatic rings. The fraction of sp³-hybridized carbons (Fsp3) is 0.222. The molecule has 0 aliphatic heterocycles. The fourth-order valence-electron chi connectivity index (χ4n) is 2.24. The topological polar surface area (TPSA) is 89.0 Å². The van der Waals surface area contributed by atoms with Gasteiger partial charge in [0.1, 0.15) is 5.75 Å². The van der Waals surface area contributed by atoms with Crippen molar-refractivity contribution in [3.8, 4) is 5.75 Å². The summed E-state index contributed by atoms with van der Waals surface area (Å²) in [4.78, 5) is 26.6. The number of carbonyl (C=O) groups is 1. The van der Waals surface area contributed by atoms with E-state index in [4.69, 9.17) is 4.74 Å². The van der Waals surface area contributed by atoms with Gasteiger partial charge in [-0.25, -0.2) is 15.0 Å². The van der Waals surface area contributed by atoms with E-state index < -0.39 is 0 Å². The lowest BCUT2D eigenvalue weighted by Gasteiger charge is -2.09. The first-order valence-electron chi connectivity index (χ1n) is 7.96. The average Bonchev–Trinajstić information content (AvgIpc) is 2.93. The van der Waals surface area contributed by atoms with Crippen molar-refractivity contribution in [3.63, 3.8) is 0 Å². The number of nitrogens with zero attached hydrogens (tertiary/aromatic N) is 3. The molecule has 0 unspecified atom stereocenters. The number of anilines is 3. The first-order chi connectivity index (χ1) is 12.5. The molecule has 0 radical (unpaired) electrons. The van der Waals surface area contributed by atoms with E-state index in [2.05, 4.69) is 25.6 Å². The van der Waals surface area contributed by atoms with Crippen LogP contribution in [0.1, 0.15) is 26.6 Å². The number of benzene rings is 1. The Kier molecular flexibility index (Phi) is 5.13. The van der Waals surface area contributed by atoms with Gasteiger partial charge in [-0.15, -0.1) is 11.3 Å². The third-order valence-electron chi connectivity index (χ3n) is 3.82. The molecule has 0 fully saturated rings. The molecule has 0 saturated carbocycles. The lowest BCUT2D eigenvalue weighted by Crippen LogP contribution is -2.15. The molecule has 2 heterocycles. The van der Waals surface area contributed by atoms with E-state index in [0.717, 1.165) is 21.5 Å². The Morgan fingerprint density at radius 3 is 2.38 bits per heavy atom. The Morgan fingerprint density at radius 2 is 1.81 bits per heavy atom. The number of hydrogen-bond donors (Lipinski definition) is 2. The summed E-state index contributed by atoms with van der Waals surface area (Å²) < 4.78 is 5.10. The van der Waals surface area contributed by atoms with E-state index in [9.17, 15) is 4.79 Å². The van der Waals surface area contributed by atoms with E-state index in [-0.39, 0.29) is 5.91 Å². The molecule has 0 spiro atoms. The second-order valence-corrected chi connectivity index (χ2v) is 6.86. The van der Waals surface area contributed by atoms with Gasteiger partial charge in [0.25, 0.3) is 5.91 Å². The van der Waals surface area contributed by atoms with Gasteiger partial charge in [-0.2, -0.15) is 0 Å². The van der Waals surface area contributed by atoms with Gasteiger partial charge in [-0.05, 0) is 45.0 Å².